The Bertz CT molecular complexity index is 565. The third-order valence-corrected chi connectivity index (χ3v) is 4.08. The van der Waals surface area contributed by atoms with E-state index in [1.54, 1.807) is 0 Å². The number of ether oxygens (including phenoxy) is 5. The van der Waals surface area contributed by atoms with Crippen LogP contribution in [0.15, 0.2) is 60.7 Å². The second-order valence-corrected chi connectivity index (χ2v) is 6.09. The Morgan fingerprint density at radius 1 is 0.731 bits per heavy atom. The van der Waals surface area contributed by atoms with Crippen molar-refractivity contribution in [1.82, 2.24) is 0 Å². The lowest BCUT2D eigenvalue weighted by Gasteiger charge is -2.17. The third-order valence-electron chi connectivity index (χ3n) is 4.08. The quantitative estimate of drug-likeness (QED) is 0.650. The SMILES string of the molecule is CCOC1O[C@H](COCc2ccccc2)[C@@H](COCc2ccccc2)O1. The molecule has 0 aromatic heterocycles. The topological polar surface area (TPSA) is 46.2 Å². The summed E-state index contributed by atoms with van der Waals surface area (Å²) < 4.78 is 28.7. The van der Waals surface area contributed by atoms with E-state index >= 15 is 0 Å². The van der Waals surface area contributed by atoms with Crippen LogP contribution < -0.4 is 0 Å². The van der Waals surface area contributed by atoms with Gasteiger partial charge >= 0.3 is 0 Å². The van der Waals surface area contributed by atoms with Gasteiger partial charge in [-0.15, -0.1) is 0 Å². The molecule has 3 rings (SSSR count). The Labute approximate surface area is 154 Å². The smallest absolute Gasteiger partial charge is 0.272 e. The second-order valence-electron chi connectivity index (χ2n) is 6.09. The van der Waals surface area contributed by atoms with Crippen LogP contribution in [-0.4, -0.2) is 38.5 Å². The first-order valence-electron chi connectivity index (χ1n) is 9.01. The molecule has 0 N–H and O–H groups in total. The Hall–Kier alpha value is -1.76. The maximum Gasteiger partial charge on any atom is 0.272 e. The fourth-order valence-electron chi connectivity index (χ4n) is 2.73. The van der Waals surface area contributed by atoms with Crippen LogP contribution in [0.3, 0.4) is 0 Å². The van der Waals surface area contributed by atoms with Gasteiger partial charge in [0.25, 0.3) is 6.48 Å². The highest BCUT2D eigenvalue weighted by atomic mass is 16.9. The lowest BCUT2D eigenvalue weighted by atomic mass is 10.2. The summed E-state index contributed by atoms with van der Waals surface area (Å²) in [4.78, 5) is 0. The van der Waals surface area contributed by atoms with Gasteiger partial charge in [0.15, 0.2) is 0 Å². The van der Waals surface area contributed by atoms with Crippen LogP contribution in [-0.2, 0) is 36.9 Å². The van der Waals surface area contributed by atoms with Gasteiger partial charge in [-0.1, -0.05) is 60.7 Å². The van der Waals surface area contributed by atoms with Crippen molar-refractivity contribution in [3.8, 4) is 0 Å². The highest BCUT2D eigenvalue weighted by molar-refractivity contribution is 5.14. The first-order valence-corrected chi connectivity index (χ1v) is 9.01. The Morgan fingerprint density at radius 3 is 1.62 bits per heavy atom. The molecule has 0 bridgehead atoms. The van der Waals surface area contributed by atoms with E-state index in [2.05, 4.69) is 0 Å². The summed E-state index contributed by atoms with van der Waals surface area (Å²) >= 11 is 0. The molecule has 0 unspecified atom stereocenters. The number of rotatable bonds is 10. The van der Waals surface area contributed by atoms with E-state index in [1.165, 1.54) is 0 Å². The highest BCUT2D eigenvalue weighted by Gasteiger charge is 2.37. The van der Waals surface area contributed by atoms with Gasteiger partial charge in [0.05, 0.1) is 26.4 Å². The molecule has 0 aliphatic carbocycles. The molecular weight excluding hydrogens is 332 g/mol. The van der Waals surface area contributed by atoms with Crippen molar-refractivity contribution in [3.63, 3.8) is 0 Å². The molecule has 5 heteroatoms. The van der Waals surface area contributed by atoms with Crippen LogP contribution in [0.1, 0.15) is 18.1 Å². The Morgan fingerprint density at radius 2 is 1.19 bits per heavy atom. The summed E-state index contributed by atoms with van der Waals surface area (Å²) in [6.45, 7) is 3.72. The maximum atomic E-state index is 5.81. The second kappa shape index (κ2) is 10.4. The van der Waals surface area contributed by atoms with Crippen molar-refractivity contribution in [2.75, 3.05) is 19.8 Å². The fraction of sp³-hybridized carbons (Fsp3) is 0.429. The molecule has 1 saturated heterocycles. The van der Waals surface area contributed by atoms with E-state index in [4.69, 9.17) is 23.7 Å². The average molecular weight is 358 g/mol. The summed E-state index contributed by atoms with van der Waals surface area (Å²) in [5.74, 6) is 0. The van der Waals surface area contributed by atoms with Gasteiger partial charge in [0.2, 0.25) is 0 Å². The van der Waals surface area contributed by atoms with Crippen LogP contribution in [0.5, 0.6) is 0 Å². The molecule has 2 aromatic rings. The van der Waals surface area contributed by atoms with Crippen molar-refractivity contribution in [2.24, 2.45) is 0 Å². The fourth-order valence-corrected chi connectivity index (χ4v) is 2.73. The number of hydrogen-bond acceptors (Lipinski definition) is 5. The number of benzene rings is 2. The monoisotopic (exact) mass is 358 g/mol. The summed E-state index contributed by atoms with van der Waals surface area (Å²) in [6, 6.07) is 20.1. The van der Waals surface area contributed by atoms with Crippen LogP contribution >= 0.6 is 0 Å². The summed E-state index contributed by atoms with van der Waals surface area (Å²) in [6.07, 6.45) is -0.433. The molecule has 140 valence electrons. The minimum Gasteiger partial charge on any atom is -0.374 e. The van der Waals surface area contributed by atoms with Crippen molar-refractivity contribution >= 4 is 0 Å². The van der Waals surface area contributed by atoms with E-state index < -0.39 is 6.48 Å². The largest absolute Gasteiger partial charge is 0.374 e. The molecule has 1 aliphatic rings. The molecule has 5 nitrogen and oxygen atoms in total. The van der Waals surface area contributed by atoms with Gasteiger partial charge in [0.1, 0.15) is 12.2 Å². The zero-order valence-corrected chi connectivity index (χ0v) is 15.1. The summed E-state index contributed by atoms with van der Waals surface area (Å²) in [5.41, 5.74) is 2.26. The molecule has 1 fully saturated rings. The first kappa shape index (κ1) is 19.0. The third kappa shape index (κ3) is 5.90. The summed E-state index contributed by atoms with van der Waals surface area (Å²) in [7, 11) is 0. The van der Waals surface area contributed by atoms with Gasteiger partial charge in [-0.25, -0.2) is 0 Å². The molecule has 0 amide bonds. The lowest BCUT2D eigenvalue weighted by Crippen LogP contribution is -2.31. The molecule has 1 heterocycles. The molecule has 0 saturated carbocycles. The van der Waals surface area contributed by atoms with Gasteiger partial charge in [-0.05, 0) is 18.1 Å². The molecule has 1 aliphatic heterocycles. The van der Waals surface area contributed by atoms with Gasteiger partial charge in [-0.2, -0.15) is 0 Å². The number of hydrogen-bond donors (Lipinski definition) is 0. The van der Waals surface area contributed by atoms with E-state index in [-0.39, 0.29) is 12.2 Å². The van der Waals surface area contributed by atoms with Crippen molar-refractivity contribution < 1.29 is 23.7 Å². The van der Waals surface area contributed by atoms with E-state index in [0.717, 1.165) is 11.1 Å². The molecule has 2 aromatic carbocycles. The van der Waals surface area contributed by atoms with Crippen molar-refractivity contribution in [3.05, 3.63) is 71.8 Å². The molecule has 26 heavy (non-hydrogen) atoms. The Kier molecular flexibility index (Phi) is 7.61. The first-order chi connectivity index (χ1) is 12.8. The normalized spacial score (nSPS) is 20.5. The minimum absolute atomic E-state index is 0.217. The molecule has 0 spiro atoms. The zero-order chi connectivity index (χ0) is 18.0. The van der Waals surface area contributed by atoms with Crippen LogP contribution in [0, 0.1) is 0 Å². The zero-order valence-electron chi connectivity index (χ0n) is 15.1. The van der Waals surface area contributed by atoms with E-state index in [9.17, 15) is 0 Å². The molecular formula is C21H26O5. The molecule has 2 atom stereocenters. The van der Waals surface area contributed by atoms with E-state index in [1.807, 2.05) is 67.6 Å². The maximum absolute atomic E-state index is 5.81. The van der Waals surface area contributed by atoms with Crippen LogP contribution in [0.25, 0.3) is 0 Å². The van der Waals surface area contributed by atoms with Gasteiger partial charge in [0, 0.05) is 6.61 Å². The standard InChI is InChI=1S/C21H26O5/c1-2-24-21-25-19(15-22-13-17-9-5-3-6-10-17)20(26-21)16-23-14-18-11-7-4-8-12-18/h3-12,19-21H,2,13-16H2,1H3/t19-,20-/m1/s1. The highest BCUT2D eigenvalue weighted by Crippen LogP contribution is 2.22. The van der Waals surface area contributed by atoms with Crippen LogP contribution in [0.4, 0.5) is 0 Å². The minimum atomic E-state index is -0.657. The van der Waals surface area contributed by atoms with Gasteiger partial charge < -0.3 is 23.7 Å². The van der Waals surface area contributed by atoms with Crippen LogP contribution in [0.2, 0.25) is 0 Å². The predicted molar refractivity (Wildman–Crippen MR) is 97.4 cm³/mol. The van der Waals surface area contributed by atoms with Gasteiger partial charge in [-0.3, -0.25) is 0 Å². The summed E-state index contributed by atoms with van der Waals surface area (Å²) in [5, 5.41) is 0. The lowest BCUT2D eigenvalue weighted by molar-refractivity contribution is -0.243. The van der Waals surface area contributed by atoms with E-state index in [0.29, 0.717) is 33.0 Å². The average Bonchev–Trinajstić information content (AvgIpc) is 3.05. The van der Waals surface area contributed by atoms with Crippen molar-refractivity contribution in [2.45, 2.75) is 38.8 Å². The predicted octanol–water partition coefficient (Wildman–Crippen LogP) is 3.52. The van der Waals surface area contributed by atoms with Crippen molar-refractivity contribution in [1.29, 1.82) is 0 Å². The Balaban J connectivity index is 1.46. The molecule has 0 radical (unpaired) electrons.